The van der Waals surface area contributed by atoms with Crippen molar-refractivity contribution in [3.63, 3.8) is 0 Å². The summed E-state index contributed by atoms with van der Waals surface area (Å²) < 4.78 is 5.61. The molecule has 0 spiro atoms. The summed E-state index contributed by atoms with van der Waals surface area (Å²) in [5.74, 6) is 1.47. The van der Waals surface area contributed by atoms with Crippen LogP contribution in [0.15, 0.2) is 18.2 Å². The Morgan fingerprint density at radius 2 is 2.24 bits per heavy atom. The highest BCUT2D eigenvalue weighted by Crippen LogP contribution is 2.23. The normalized spacial score (nSPS) is 18.8. The minimum atomic E-state index is 0.248. The minimum Gasteiger partial charge on any atom is -0.629 e. The molecule has 3 nitrogen and oxygen atoms in total. The summed E-state index contributed by atoms with van der Waals surface area (Å²) in [5.41, 5.74) is 2.01. The molecule has 1 aliphatic heterocycles. The number of ether oxygens (including phenoxy) is 1. The maximum absolute atomic E-state index is 11.7. The first kappa shape index (κ1) is 12.7. The molecule has 0 fully saturated rings. The fraction of sp³-hybridized carbons (Fsp3) is 0.538. The van der Waals surface area contributed by atoms with Gasteiger partial charge in [-0.15, -0.1) is 11.6 Å². The number of nitrogens with one attached hydrogen (secondary N) is 1. The third-order valence-corrected chi connectivity index (χ3v) is 3.30. The Labute approximate surface area is 107 Å². The van der Waals surface area contributed by atoms with Gasteiger partial charge < -0.3 is 15.0 Å². The Hall–Kier alpha value is -0.770. The van der Waals surface area contributed by atoms with Crippen LogP contribution >= 0.6 is 11.6 Å². The van der Waals surface area contributed by atoms with Gasteiger partial charge in [0, 0.05) is 23.9 Å². The van der Waals surface area contributed by atoms with E-state index in [0.29, 0.717) is 19.0 Å². The van der Waals surface area contributed by atoms with Gasteiger partial charge >= 0.3 is 0 Å². The molecular formula is C13H18ClNO2. The summed E-state index contributed by atoms with van der Waals surface area (Å²) in [5, 5.41) is 12.0. The predicted molar refractivity (Wildman–Crippen MR) is 69.1 cm³/mol. The Morgan fingerprint density at radius 1 is 1.35 bits per heavy atom. The summed E-state index contributed by atoms with van der Waals surface area (Å²) in [6.07, 6.45) is 3.90. The number of benzene rings is 1. The summed E-state index contributed by atoms with van der Waals surface area (Å²) in [4.78, 5) is 0. The highest BCUT2D eigenvalue weighted by molar-refractivity contribution is 6.17. The summed E-state index contributed by atoms with van der Waals surface area (Å²) in [7, 11) is 0. The highest BCUT2D eigenvalue weighted by Gasteiger charge is 2.16. The zero-order valence-electron chi connectivity index (χ0n) is 9.88. The first-order valence-electron chi connectivity index (χ1n) is 6.16. The van der Waals surface area contributed by atoms with Gasteiger partial charge in [-0.25, -0.2) is 0 Å². The first-order chi connectivity index (χ1) is 8.31. The van der Waals surface area contributed by atoms with Gasteiger partial charge in [-0.05, 0) is 31.4 Å². The Kier molecular flexibility index (Phi) is 4.66. The van der Waals surface area contributed by atoms with Crippen molar-refractivity contribution in [2.45, 2.75) is 25.7 Å². The Morgan fingerprint density at radius 3 is 3.06 bits per heavy atom. The molecule has 0 bridgehead atoms. The number of alkyl halides is 1. The van der Waals surface area contributed by atoms with Crippen molar-refractivity contribution in [3.05, 3.63) is 29.0 Å². The van der Waals surface area contributed by atoms with E-state index in [2.05, 4.69) is 0 Å². The van der Waals surface area contributed by atoms with Gasteiger partial charge in [0.1, 0.15) is 11.4 Å². The lowest BCUT2D eigenvalue weighted by Crippen LogP contribution is -3.03. The number of rotatable bonds is 5. The van der Waals surface area contributed by atoms with Crippen molar-refractivity contribution in [1.82, 2.24) is 0 Å². The number of fused-ring (bicyclic) bond motifs is 1. The second kappa shape index (κ2) is 6.24. The van der Waals surface area contributed by atoms with Crippen molar-refractivity contribution >= 4 is 17.3 Å². The number of hydrogen-bond donors (Lipinski definition) is 1. The van der Waals surface area contributed by atoms with Crippen LogP contribution in [0.5, 0.6) is 5.75 Å². The van der Waals surface area contributed by atoms with Crippen LogP contribution in [0.2, 0.25) is 0 Å². The van der Waals surface area contributed by atoms with Crippen LogP contribution in [0, 0.1) is 5.21 Å². The molecule has 0 saturated heterocycles. The third kappa shape index (κ3) is 3.35. The molecule has 0 radical (unpaired) electrons. The van der Waals surface area contributed by atoms with Crippen LogP contribution in [0.25, 0.3) is 0 Å². The third-order valence-electron chi connectivity index (χ3n) is 3.03. The molecule has 4 heteroatoms. The van der Waals surface area contributed by atoms with E-state index >= 15 is 0 Å². The maximum Gasteiger partial charge on any atom is 0.138 e. The van der Waals surface area contributed by atoms with Crippen LogP contribution in [0.3, 0.4) is 0 Å². The molecule has 1 heterocycles. The lowest BCUT2D eigenvalue weighted by Gasteiger charge is -2.28. The maximum atomic E-state index is 11.7. The minimum absolute atomic E-state index is 0.248. The van der Waals surface area contributed by atoms with Gasteiger partial charge in [0.2, 0.25) is 0 Å². The average molecular weight is 256 g/mol. The summed E-state index contributed by atoms with van der Waals surface area (Å²) in [6, 6.07) is 5.86. The largest absolute Gasteiger partial charge is 0.629 e. The summed E-state index contributed by atoms with van der Waals surface area (Å²) >= 11 is 5.60. The van der Waals surface area contributed by atoms with E-state index < -0.39 is 0 Å². The van der Waals surface area contributed by atoms with E-state index in [-0.39, 0.29) is 5.06 Å². The van der Waals surface area contributed by atoms with Gasteiger partial charge in [-0.3, -0.25) is 0 Å². The zero-order valence-corrected chi connectivity index (χ0v) is 10.6. The van der Waals surface area contributed by atoms with Gasteiger partial charge in [-0.1, -0.05) is 0 Å². The van der Waals surface area contributed by atoms with Gasteiger partial charge in [0.25, 0.3) is 0 Å². The smallest absolute Gasteiger partial charge is 0.138 e. The molecule has 0 amide bonds. The number of aryl methyl sites for hydroxylation is 1. The fourth-order valence-corrected chi connectivity index (χ4v) is 2.27. The topological polar surface area (TPSA) is 36.7 Å². The van der Waals surface area contributed by atoms with E-state index in [1.165, 1.54) is 0 Å². The van der Waals surface area contributed by atoms with Crippen LogP contribution in [0.1, 0.15) is 24.8 Å². The molecule has 1 aromatic carbocycles. The Balaban J connectivity index is 1.97. The van der Waals surface area contributed by atoms with Crippen LogP contribution < -0.4 is 9.80 Å². The first-order valence-corrected chi connectivity index (χ1v) is 6.69. The SMILES string of the molecule is [O-][NH+]1CCCc2ccc(OCCCCCl)cc21. The average Bonchev–Trinajstić information content (AvgIpc) is 2.36. The van der Waals surface area contributed by atoms with Crippen molar-refractivity contribution in [3.8, 4) is 5.75 Å². The molecule has 2 rings (SSSR count). The van der Waals surface area contributed by atoms with Crippen molar-refractivity contribution in [1.29, 1.82) is 0 Å². The van der Waals surface area contributed by atoms with E-state index in [1.54, 1.807) is 0 Å². The van der Waals surface area contributed by atoms with Crippen LogP contribution in [-0.4, -0.2) is 19.0 Å². The quantitative estimate of drug-likeness (QED) is 0.497. The number of unbranched alkanes of at least 4 members (excludes halogenated alkanes) is 1. The highest BCUT2D eigenvalue weighted by atomic mass is 35.5. The molecule has 17 heavy (non-hydrogen) atoms. The lowest BCUT2D eigenvalue weighted by atomic mass is 10.0. The van der Waals surface area contributed by atoms with E-state index in [4.69, 9.17) is 16.3 Å². The summed E-state index contributed by atoms with van der Waals surface area (Å²) in [6.45, 7) is 1.34. The lowest BCUT2D eigenvalue weighted by molar-refractivity contribution is -0.779. The fourth-order valence-electron chi connectivity index (χ4n) is 2.08. The molecule has 0 aromatic heterocycles. The Bertz CT molecular complexity index is 370. The van der Waals surface area contributed by atoms with Crippen molar-refractivity contribution < 1.29 is 9.80 Å². The number of quaternary nitrogens is 1. The molecule has 1 unspecified atom stereocenters. The molecule has 1 atom stereocenters. The predicted octanol–water partition coefficient (Wildman–Crippen LogP) is 2.04. The monoisotopic (exact) mass is 255 g/mol. The number of halogens is 1. The standard InChI is InChI=1S/C13H18ClNO2/c14-7-1-2-9-17-12-6-5-11-4-3-8-15(16)13(11)10-12/h5-6,10,15H,1-4,7-9H2. The second-order valence-corrected chi connectivity index (χ2v) is 4.72. The molecule has 1 N–H and O–H groups in total. The van der Waals surface area contributed by atoms with E-state index in [0.717, 1.165) is 42.7 Å². The molecule has 0 saturated carbocycles. The molecule has 94 valence electrons. The van der Waals surface area contributed by atoms with Gasteiger partial charge in [0.05, 0.1) is 13.2 Å². The molecular weight excluding hydrogens is 238 g/mol. The van der Waals surface area contributed by atoms with Crippen LogP contribution in [-0.2, 0) is 6.42 Å². The zero-order chi connectivity index (χ0) is 12.1. The molecule has 0 aliphatic carbocycles. The van der Waals surface area contributed by atoms with Crippen molar-refractivity contribution in [2.24, 2.45) is 0 Å². The number of hydrogen-bond acceptors (Lipinski definition) is 2. The number of hydroxylamine groups is 1. The van der Waals surface area contributed by atoms with Gasteiger partial charge in [0.15, 0.2) is 0 Å². The van der Waals surface area contributed by atoms with E-state index in [1.807, 2.05) is 18.2 Å². The van der Waals surface area contributed by atoms with E-state index in [9.17, 15) is 5.21 Å². The van der Waals surface area contributed by atoms with Crippen LogP contribution in [0.4, 0.5) is 5.69 Å². The molecule has 1 aliphatic rings. The molecule has 1 aromatic rings. The second-order valence-electron chi connectivity index (χ2n) is 4.34. The van der Waals surface area contributed by atoms with Crippen molar-refractivity contribution in [2.75, 3.05) is 19.0 Å². The van der Waals surface area contributed by atoms with Gasteiger partial charge in [-0.2, -0.15) is 0 Å².